The Kier molecular flexibility index (Phi) is 3.94. The van der Waals surface area contributed by atoms with E-state index in [1.54, 1.807) is 0 Å². The lowest BCUT2D eigenvalue weighted by atomic mass is 10.0. The molecule has 0 bridgehead atoms. The quantitative estimate of drug-likeness (QED) is 0.922. The number of rotatable bonds is 3. The van der Waals surface area contributed by atoms with Crippen molar-refractivity contribution in [1.29, 1.82) is 0 Å². The second kappa shape index (κ2) is 5.33. The topological polar surface area (TPSA) is 63.2 Å². The number of hydrogen-bond acceptors (Lipinski definition) is 3. The van der Waals surface area contributed by atoms with Gasteiger partial charge in [-0.1, -0.05) is 17.7 Å². The predicted octanol–water partition coefficient (Wildman–Crippen LogP) is 2.07. The molecule has 1 N–H and O–H groups in total. The highest BCUT2D eigenvalue weighted by Crippen LogP contribution is 2.23. The number of nitrogens with one attached hydrogen (secondary N) is 1. The maximum atomic E-state index is 11.9. The first-order chi connectivity index (χ1) is 8.85. The van der Waals surface area contributed by atoms with E-state index in [4.69, 9.17) is 0 Å². The Bertz CT molecular complexity index is 593. The molecule has 1 saturated heterocycles. The highest BCUT2D eigenvalue weighted by Gasteiger charge is 2.29. The monoisotopic (exact) mass is 281 g/mol. The fraction of sp³-hybridized carbons (Fsp3) is 0.500. The van der Waals surface area contributed by atoms with Gasteiger partial charge in [-0.25, -0.2) is 8.42 Å². The van der Waals surface area contributed by atoms with Crippen molar-refractivity contribution in [3.63, 3.8) is 0 Å². The molecule has 19 heavy (non-hydrogen) atoms. The first-order valence-corrected chi connectivity index (χ1v) is 8.25. The van der Waals surface area contributed by atoms with E-state index in [1.165, 1.54) is 0 Å². The Hall–Kier alpha value is -1.36. The normalized spacial score (nSPS) is 21.3. The molecule has 1 heterocycles. The molecule has 4 nitrogen and oxygen atoms in total. The number of carbonyl (C=O) groups excluding carboxylic acids is 1. The number of anilines is 1. The van der Waals surface area contributed by atoms with Gasteiger partial charge in [0.15, 0.2) is 9.84 Å². The van der Waals surface area contributed by atoms with Crippen LogP contribution in [-0.2, 0) is 14.6 Å². The van der Waals surface area contributed by atoms with Gasteiger partial charge in [-0.05, 0) is 37.8 Å². The minimum Gasteiger partial charge on any atom is -0.326 e. The molecule has 1 aromatic rings. The summed E-state index contributed by atoms with van der Waals surface area (Å²) >= 11 is 0. The van der Waals surface area contributed by atoms with E-state index < -0.39 is 9.84 Å². The summed E-state index contributed by atoms with van der Waals surface area (Å²) in [6.07, 6.45) is 0.884. The highest BCUT2D eigenvalue weighted by atomic mass is 32.2. The van der Waals surface area contributed by atoms with E-state index in [0.29, 0.717) is 6.42 Å². The summed E-state index contributed by atoms with van der Waals surface area (Å²) in [4.78, 5) is 11.9. The van der Waals surface area contributed by atoms with Crippen LogP contribution in [0.25, 0.3) is 0 Å². The molecule has 2 rings (SSSR count). The zero-order chi connectivity index (χ0) is 14.0. The summed E-state index contributed by atoms with van der Waals surface area (Å²) in [5.74, 6) is 0.228. The van der Waals surface area contributed by atoms with Gasteiger partial charge < -0.3 is 5.32 Å². The fourth-order valence-corrected chi connectivity index (χ4v) is 4.31. The number of sulfone groups is 1. The average molecular weight is 281 g/mol. The standard InChI is InChI=1S/C14H19NO3S/c1-10-3-4-13(11(2)7-10)15-14(16)8-12-5-6-19(17,18)9-12/h3-4,7,12H,5-6,8-9H2,1-2H3,(H,15,16). The Labute approximate surface area is 114 Å². The molecular weight excluding hydrogens is 262 g/mol. The molecule has 0 aliphatic carbocycles. The first kappa shape index (κ1) is 14.1. The van der Waals surface area contributed by atoms with E-state index in [2.05, 4.69) is 5.32 Å². The van der Waals surface area contributed by atoms with Crippen LogP contribution in [0.15, 0.2) is 18.2 Å². The van der Waals surface area contributed by atoms with Gasteiger partial charge in [0.2, 0.25) is 5.91 Å². The number of hydrogen-bond donors (Lipinski definition) is 1. The lowest BCUT2D eigenvalue weighted by Crippen LogP contribution is -2.17. The fourth-order valence-electron chi connectivity index (χ4n) is 2.45. The SMILES string of the molecule is Cc1ccc(NC(=O)CC2CCS(=O)(=O)C2)c(C)c1. The Morgan fingerprint density at radius 2 is 2.11 bits per heavy atom. The molecule has 0 aromatic heterocycles. The lowest BCUT2D eigenvalue weighted by Gasteiger charge is -2.11. The maximum absolute atomic E-state index is 11.9. The molecule has 1 amide bonds. The van der Waals surface area contributed by atoms with Gasteiger partial charge in [-0.2, -0.15) is 0 Å². The number of carbonyl (C=O) groups is 1. The molecule has 104 valence electrons. The van der Waals surface area contributed by atoms with Crippen molar-refractivity contribution in [1.82, 2.24) is 0 Å². The van der Waals surface area contributed by atoms with Crippen LogP contribution in [0.2, 0.25) is 0 Å². The van der Waals surface area contributed by atoms with Crippen LogP contribution in [0.3, 0.4) is 0 Å². The summed E-state index contributed by atoms with van der Waals surface area (Å²) in [7, 11) is -2.91. The summed E-state index contributed by atoms with van der Waals surface area (Å²) < 4.78 is 22.7. The van der Waals surface area contributed by atoms with Crippen LogP contribution in [-0.4, -0.2) is 25.8 Å². The second-order valence-electron chi connectivity index (χ2n) is 5.34. The Morgan fingerprint density at radius 3 is 2.68 bits per heavy atom. The van der Waals surface area contributed by atoms with Gasteiger partial charge in [0.25, 0.3) is 0 Å². The van der Waals surface area contributed by atoms with Gasteiger partial charge in [0.1, 0.15) is 0 Å². The molecule has 0 saturated carbocycles. The van der Waals surface area contributed by atoms with Crippen molar-refractivity contribution >= 4 is 21.4 Å². The lowest BCUT2D eigenvalue weighted by molar-refractivity contribution is -0.116. The van der Waals surface area contributed by atoms with Crippen molar-refractivity contribution in [3.05, 3.63) is 29.3 Å². The first-order valence-electron chi connectivity index (χ1n) is 6.43. The van der Waals surface area contributed by atoms with Crippen molar-refractivity contribution in [2.75, 3.05) is 16.8 Å². The summed E-state index contributed by atoms with van der Waals surface area (Å²) in [5, 5.41) is 2.86. The van der Waals surface area contributed by atoms with Crippen molar-refractivity contribution in [3.8, 4) is 0 Å². The van der Waals surface area contributed by atoms with Gasteiger partial charge >= 0.3 is 0 Å². The predicted molar refractivity (Wildman–Crippen MR) is 75.9 cm³/mol. The largest absolute Gasteiger partial charge is 0.326 e. The van der Waals surface area contributed by atoms with Crippen LogP contribution in [0, 0.1) is 19.8 Å². The zero-order valence-corrected chi connectivity index (χ0v) is 12.1. The van der Waals surface area contributed by atoms with E-state index in [1.807, 2.05) is 32.0 Å². The van der Waals surface area contributed by atoms with Gasteiger partial charge in [0.05, 0.1) is 11.5 Å². The van der Waals surface area contributed by atoms with Crippen LogP contribution >= 0.6 is 0 Å². The van der Waals surface area contributed by atoms with Crippen molar-refractivity contribution < 1.29 is 13.2 Å². The summed E-state index contributed by atoms with van der Waals surface area (Å²) in [6.45, 7) is 3.95. The number of aryl methyl sites for hydroxylation is 2. The summed E-state index contributed by atoms with van der Waals surface area (Å²) in [6, 6.07) is 5.84. The third-order valence-corrected chi connectivity index (χ3v) is 5.29. The highest BCUT2D eigenvalue weighted by molar-refractivity contribution is 7.91. The molecule has 1 atom stereocenters. The van der Waals surface area contributed by atoms with Gasteiger partial charge in [0, 0.05) is 12.1 Å². The number of amides is 1. The van der Waals surface area contributed by atoms with Crippen LogP contribution < -0.4 is 5.32 Å². The molecule has 1 aliphatic rings. The van der Waals surface area contributed by atoms with Crippen LogP contribution in [0.5, 0.6) is 0 Å². The molecule has 1 aromatic carbocycles. The van der Waals surface area contributed by atoms with E-state index >= 15 is 0 Å². The van der Waals surface area contributed by atoms with Crippen molar-refractivity contribution in [2.45, 2.75) is 26.7 Å². The third-order valence-electron chi connectivity index (χ3n) is 3.46. The molecule has 0 spiro atoms. The Morgan fingerprint density at radius 1 is 1.37 bits per heavy atom. The third kappa shape index (κ3) is 3.80. The van der Waals surface area contributed by atoms with E-state index in [9.17, 15) is 13.2 Å². The maximum Gasteiger partial charge on any atom is 0.224 e. The minimum absolute atomic E-state index is 0.0317. The molecule has 0 radical (unpaired) electrons. The van der Waals surface area contributed by atoms with Crippen LogP contribution in [0.4, 0.5) is 5.69 Å². The molecule has 1 unspecified atom stereocenters. The van der Waals surface area contributed by atoms with E-state index in [0.717, 1.165) is 16.8 Å². The number of benzene rings is 1. The molecule has 1 aliphatic heterocycles. The van der Waals surface area contributed by atoms with E-state index in [-0.39, 0.29) is 29.8 Å². The van der Waals surface area contributed by atoms with Gasteiger partial charge in [-0.15, -0.1) is 0 Å². The van der Waals surface area contributed by atoms with Gasteiger partial charge in [-0.3, -0.25) is 4.79 Å². The molecule has 5 heteroatoms. The van der Waals surface area contributed by atoms with Crippen LogP contribution in [0.1, 0.15) is 24.0 Å². The minimum atomic E-state index is -2.91. The molecular formula is C14H19NO3S. The second-order valence-corrected chi connectivity index (χ2v) is 7.57. The smallest absolute Gasteiger partial charge is 0.224 e. The zero-order valence-electron chi connectivity index (χ0n) is 11.3. The Balaban J connectivity index is 1.95. The summed E-state index contributed by atoms with van der Waals surface area (Å²) in [5.41, 5.74) is 2.97. The average Bonchev–Trinajstić information content (AvgIpc) is 2.62. The molecule has 1 fully saturated rings. The van der Waals surface area contributed by atoms with Crippen molar-refractivity contribution in [2.24, 2.45) is 5.92 Å².